The maximum atomic E-state index is 12.9. The maximum Gasteiger partial charge on any atom is 0.291 e. The van der Waals surface area contributed by atoms with E-state index >= 15 is 0 Å². The largest absolute Gasteiger partial charge is 0.497 e. The molecule has 1 fully saturated rings. The van der Waals surface area contributed by atoms with Gasteiger partial charge in [0.25, 0.3) is 5.91 Å². The Morgan fingerprint density at radius 1 is 1.08 bits per heavy atom. The number of pyridine rings is 1. The number of piperidine rings is 1. The SMILES string of the molecule is COc1ccc(OC)c(NC(=O)c2cc3cc(C4(O)CCN(Cc5ccccn5)CC4)ccc3o2)c1. The van der Waals surface area contributed by atoms with Crippen LogP contribution in [0.1, 0.15) is 34.7 Å². The lowest BCUT2D eigenvalue weighted by atomic mass is 9.84. The number of anilines is 1. The molecule has 0 atom stereocenters. The number of benzene rings is 2. The predicted molar refractivity (Wildman–Crippen MR) is 136 cm³/mol. The summed E-state index contributed by atoms with van der Waals surface area (Å²) in [7, 11) is 3.09. The zero-order valence-electron chi connectivity index (χ0n) is 20.4. The Bertz CT molecular complexity index is 1360. The maximum absolute atomic E-state index is 12.9. The van der Waals surface area contributed by atoms with Gasteiger partial charge in [-0.1, -0.05) is 12.1 Å². The Morgan fingerprint density at radius 3 is 2.64 bits per heavy atom. The zero-order valence-corrected chi connectivity index (χ0v) is 20.4. The number of rotatable bonds is 7. The van der Waals surface area contributed by atoms with Crippen molar-refractivity contribution in [3.05, 3.63) is 83.9 Å². The molecule has 2 aromatic heterocycles. The Balaban J connectivity index is 1.30. The first-order valence-corrected chi connectivity index (χ1v) is 11.9. The topological polar surface area (TPSA) is 97.1 Å². The summed E-state index contributed by atoms with van der Waals surface area (Å²) >= 11 is 0. The van der Waals surface area contributed by atoms with Gasteiger partial charge in [-0.2, -0.15) is 0 Å². The number of hydrogen-bond acceptors (Lipinski definition) is 7. The predicted octanol–water partition coefficient (Wildman–Crippen LogP) is 4.58. The van der Waals surface area contributed by atoms with Gasteiger partial charge in [0.1, 0.15) is 17.1 Å². The van der Waals surface area contributed by atoms with Gasteiger partial charge in [-0.05, 0) is 60.9 Å². The van der Waals surface area contributed by atoms with Gasteiger partial charge in [-0.15, -0.1) is 0 Å². The van der Waals surface area contributed by atoms with Crippen LogP contribution >= 0.6 is 0 Å². The highest BCUT2D eigenvalue weighted by Gasteiger charge is 2.34. The number of furan rings is 1. The standard InChI is InChI=1S/C28H29N3O5/c1-34-22-7-9-25(35-2)23(17-22)30-27(32)26-16-19-15-20(6-8-24(19)36-26)28(33)10-13-31(14-11-28)18-21-5-3-4-12-29-21/h3-9,12,15-17,33H,10-11,13-14,18H2,1-2H3,(H,30,32). The van der Waals surface area contributed by atoms with Crippen LogP contribution in [0.25, 0.3) is 11.0 Å². The summed E-state index contributed by atoms with van der Waals surface area (Å²) in [6.07, 6.45) is 3.04. The van der Waals surface area contributed by atoms with Gasteiger partial charge in [0.2, 0.25) is 0 Å². The van der Waals surface area contributed by atoms with Gasteiger partial charge in [-0.3, -0.25) is 14.7 Å². The molecule has 0 radical (unpaired) electrons. The number of ether oxygens (including phenoxy) is 2. The highest BCUT2D eigenvalue weighted by atomic mass is 16.5. The van der Waals surface area contributed by atoms with Crippen molar-refractivity contribution < 1.29 is 23.8 Å². The van der Waals surface area contributed by atoms with Crippen LogP contribution in [-0.2, 0) is 12.1 Å². The smallest absolute Gasteiger partial charge is 0.291 e. The van der Waals surface area contributed by atoms with Gasteiger partial charge < -0.3 is 24.3 Å². The molecule has 36 heavy (non-hydrogen) atoms. The third-order valence-corrected chi connectivity index (χ3v) is 6.73. The fraction of sp³-hybridized carbons (Fsp3) is 0.286. The number of aromatic nitrogens is 1. The van der Waals surface area contributed by atoms with Crippen molar-refractivity contribution in [3.8, 4) is 11.5 Å². The van der Waals surface area contributed by atoms with Gasteiger partial charge in [0.05, 0.1) is 31.2 Å². The van der Waals surface area contributed by atoms with Crippen LogP contribution in [0, 0.1) is 0 Å². The number of carbonyl (C=O) groups is 1. The highest BCUT2D eigenvalue weighted by molar-refractivity contribution is 6.05. The molecule has 1 amide bonds. The Hall–Kier alpha value is -3.88. The minimum Gasteiger partial charge on any atom is -0.497 e. The van der Waals surface area contributed by atoms with Crippen LogP contribution in [-0.4, -0.2) is 48.2 Å². The van der Waals surface area contributed by atoms with E-state index in [-0.39, 0.29) is 5.76 Å². The second-order valence-electron chi connectivity index (χ2n) is 9.01. The van der Waals surface area contributed by atoms with E-state index in [9.17, 15) is 9.90 Å². The molecule has 8 heteroatoms. The summed E-state index contributed by atoms with van der Waals surface area (Å²) < 4.78 is 16.4. The minimum atomic E-state index is -0.928. The van der Waals surface area contributed by atoms with E-state index < -0.39 is 11.5 Å². The molecule has 8 nitrogen and oxygen atoms in total. The molecule has 0 aliphatic carbocycles. The van der Waals surface area contributed by atoms with E-state index in [0.29, 0.717) is 35.6 Å². The average Bonchev–Trinajstić information content (AvgIpc) is 3.34. The van der Waals surface area contributed by atoms with Crippen molar-refractivity contribution in [2.75, 3.05) is 32.6 Å². The molecule has 3 heterocycles. The molecule has 0 saturated carbocycles. The second-order valence-corrected chi connectivity index (χ2v) is 9.01. The average molecular weight is 488 g/mol. The normalized spacial score (nSPS) is 15.5. The van der Waals surface area contributed by atoms with Crippen LogP contribution in [0.2, 0.25) is 0 Å². The summed E-state index contributed by atoms with van der Waals surface area (Å²) in [6, 6.07) is 18.4. The molecule has 2 aromatic carbocycles. The van der Waals surface area contributed by atoms with Crippen LogP contribution in [0.5, 0.6) is 11.5 Å². The molecule has 0 spiro atoms. The van der Waals surface area contributed by atoms with Crippen LogP contribution < -0.4 is 14.8 Å². The van der Waals surface area contributed by atoms with Crippen LogP contribution in [0.4, 0.5) is 5.69 Å². The van der Waals surface area contributed by atoms with Crippen molar-refractivity contribution in [1.82, 2.24) is 9.88 Å². The van der Waals surface area contributed by atoms with E-state index in [1.807, 2.05) is 36.4 Å². The van der Waals surface area contributed by atoms with Gasteiger partial charge >= 0.3 is 0 Å². The molecule has 1 aliphatic rings. The summed E-state index contributed by atoms with van der Waals surface area (Å²) in [5.41, 5.74) is 1.99. The molecule has 4 aromatic rings. The lowest BCUT2D eigenvalue weighted by Crippen LogP contribution is -2.42. The van der Waals surface area contributed by atoms with Crippen molar-refractivity contribution in [2.45, 2.75) is 25.0 Å². The molecule has 186 valence electrons. The van der Waals surface area contributed by atoms with Gasteiger partial charge in [-0.25, -0.2) is 0 Å². The Kier molecular flexibility index (Phi) is 6.63. The molecule has 1 aliphatic heterocycles. The molecule has 1 saturated heterocycles. The number of likely N-dealkylation sites (tertiary alicyclic amines) is 1. The summed E-state index contributed by atoms with van der Waals surface area (Å²) in [5.74, 6) is 0.879. The number of fused-ring (bicyclic) bond motifs is 1. The number of methoxy groups -OCH3 is 2. The van der Waals surface area contributed by atoms with E-state index in [0.717, 1.165) is 36.3 Å². The minimum absolute atomic E-state index is 0.171. The van der Waals surface area contributed by atoms with Crippen LogP contribution in [0.3, 0.4) is 0 Å². The number of nitrogens with zero attached hydrogens (tertiary/aromatic N) is 2. The van der Waals surface area contributed by atoms with E-state index in [2.05, 4.69) is 15.2 Å². The van der Waals surface area contributed by atoms with E-state index in [4.69, 9.17) is 13.9 Å². The van der Waals surface area contributed by atoms with Crippen molar-refractivity contribution >= 4 is 22.6 Å². The molecule has 0 unspecified atom stereocenters. The van der Waals surface area contributed by atoms with Crippen molar-refractivity contribution in [1.29, 1.82) is 0 Å². The Morgan fingerprint density at radius 2 is 1.92 bits per heavy atom. The molecular formula is C28H29N3O5. The molecule has 5 rings (SSSR count). The first kappa shape index (κ1) is 23.8. The summed E-state index contributed by atoms with van der Waals surface area (Å²) in [4.78, 5) is 19.6. The highest BCUT2D eigenvalue weighted by Crippen LogP contribution is 2.36. The summed E-state index contributed by atoms with van der Waals surface area (Å²) in [5, 5.41) is 15.0. The number of hydrogen-bond donors (Lipinski definition) is 2. The third kappa shape index (κ3) is 4.91. The van der Waals surface area contributed by atoms with E-state index in [1.54, 1.807) is 37.6 Å². The zero-order chi connectivity index (χ0) is 25.1. The summed E-state index contributed by atoms with van der Waals surface area (Å²) in [6.45, 7) is 2.31. The van der Waals surface area contributed by atoms with Crippen LogP contribution in [0.15, 0.2) is 71.3 Å². The van der Waals surface area contributed by atoms with E-state index in [1.165, 1.54) is 7.11 Å². The number of aliphatic hydroxyl groups is 1. The lowest BCUT2D eigenvalue weighted by Gasteiger charge is -2.38. The lowest BCUT2D eigenvalue weighted by molar-refractivity contribution is -0.0278. The monoisotopic (exact) mass is 487 g/mol. The Labute approximate surface area is 209 Å². The number of carbonyl (C=O) groups excluding carboxylic acids is 1. The third-order valence-electron chi connectivity index (χ3n) is 6.73. The molecular weight excluding hydrogens is 458 g/mol. The second kappa shape index (κ2) is 10.0. The number of amides is 1. The quantitative estimate of drug-likeness (QED) is 0.394. The molecule has 2 N–H and O–H groups in total. The fourth-order valence-electron chi connectivity index (χ4n) is 4.63. The van der Waals surface area contributed by atoms with Gasteiger partial charge in [0.15, 0.2) is 5.76 Å². The molecule has 0 bridgehead atoms. The first-order valence-electron chi connectivity index (χ1n) is 11.9. The first-order chi connectivity index (χ1) is 17.5. The number of nitrogens with one attached hydrogen (secondary N) is 1. The van der Waals surface area contributed by atoms with Gasteiger partial charge in [0, 0.05) is 37.3 Å². The fourth-order valence-corrected chi connectivity index (χ4v) is 4.63. The van der Waals surface area contributed by atoms with Crippen molar-refractivity contribution in [2.24, 2.45) is 0 Å². The van der Waals surface area contributed by atoms with Crippen molar-refractivity contribution in [3.63, 3.8) is 0 Å².